The molecule has 0 aliphatic heterocycles. The number of Topliss-reactive ketones (excluding diaryl/α,β-unsaturated/α-hetero) is 1. The van der Waals surface area contributed by atoms with Gasteiger partial charge in [0, 0.05) is 11.5 Å². The summed E-state index contributed by atoms with van der Waals surface area (Å²) in [5.41, 5.74) is 2.01. The third kappa shape index (κ3) is 3.18. The zero-order valence-corrected chi connectivity index (χ0v) is 14.3. The summed E-state index contributed by atoms with van der Waals surface area (Å²) in [5.74, 6) is 0.168. The summed E-state index contributed by atoms with van der Waals surface area (Å²) >= 11 is 0. The smallest absolute Gasteiger partial charge is 0.166 e. The van der Waals surface area contributed by atoms with E-state index in [2.05, 4.69) is 48.5 Å². The third-order valence-corrected chi connectivity index (χ3v) is 4.84. The molecule has 0 saturated heterocycles. The number of carbonyl (C=O) groups is 1. The van der Waals surface area contributed by atoms with Crippen molar-refractivity contribution in [2.45, 2.75) is 13.3 Å². The lowest BCUT2D eigenvalue weighted by atomic mass is 9.91. The van der Waals surface area contributed by atoms with Crippen molar-refractivity contribution in [3.63, 3.8) is 0 Å². The number of hydrogen-bond donors (Lipinski definition) is 0. The molecule has 0 bridgehead atoms. The molecule has 0 heterocycles. The van der Waals surface area contributed by atoms with E-state index in [0.29, 0.717) is 0 Å². The fourth-order valence-electron chi connectivity index (χ4n) is 3.44. The Morgan fingerprint density at radius 3 is 1.96 bits per heavy atom. The standard InChI is InChI=1S/C24H20O/c1-17(14-18-10-11-19-6-2-4-8-21(19)15-18)24(25)23-13-12-20-7-3-5-9-22(20)16-23/h2-13,15-17H,14H2,1H3. The minimum atomic E-state index is -0.0395. The van der Waals surface area contributed by atoms with Crippen molar-refractivity contribution in [2.24, 2.45) is 5.92 Å². The minimum Gasteiger partial charge on any atom is -0.294 e. The molecule has 25 heavy (non-hydrogen) atoms. The van der Waals surface area contributed by atoms with E-state index < -0.39 is 0 Å². The van der Waals surface area contributed by atoms with Gasteiger partial charge in [-0.15, -0.1) is 0 Å². The molecule has 0 amide bonds. The minimum absolute atomic E-state index is 0.0395. The van der Waals surface area contributed by atoms with E-state index in [-0.39, 0.29) is 11.7 Å². The van der Waals surface area contributed by atoms with E-state index in [1.165, 1.54) is 21.7 Å². The van der Waals surface area contributed by atoms with Crippen LogP contribution in [0.3, 0.4) is 0 Å². The Morgan fingerprint density at radius 2 is 1.28 bits per heavy atom. The first kappa shape index (κ1) is 15.6. The number of carbonyl (C=O) groups excluding carboxylic acids is 1. The molecule has 0 N–H and O–H groups in total. The largest absolute Gasteiger partial charge is 0.294 e. The number of hydrogen-bond acceptors (Lipinski definition) is 1. The van der Waals surface area contributed by atoms with Gasteiger partial charge >= 0.3 is 0 Å². The first-order chi connectivity index (χ1) is 12.2. The van der Waals surface area contributed by atoms with Crippen molar-refractivity contribution >= 4 is 27.3 Å². The molecule has 1 atom stereocenters. The predicted molar refractivity (Wildman–Crippen MR) is 105 cm³/mol. The molecule has 0 saturated carbocycles. The highest BCUT2D eigenvalue weighted by atomic mass is 16.1. The van der Waals surface area contributed by atoms with Crippen molar-refractivity contribution in [3.8, 4) is 0 Å². The molecular weight excluding hydrogens is 304 g/mol. The zero-order valence-electron chi connectivity index (χ0n) is 14.3. The van der Waals surface area contributed by atoms with Gasteiger partial charge in [-0.3, -0.25) is 4.79 Å². The molecule has 4 aromatic rings. The normalized spacial score (nSPS) is 12.4. The SMILES string of the molecule is CC(Cc1ccc2ccccc2c1)C(=O)c1ccc2ccccc2c1. The molecule has 0 radical (unpaired) electrons. The Kier molecular flexibility index (Phi) is 4.07. The van der Waals surface area contributed by atoms with Crippen LogP contribution >= 0.6 is 0 Å². The first-order valence-corrected chi connectivity index (χ1v) is 8.71. The molecule has 0 fully saturated rings. The maximum absolute atomic E-state index is 12.9. The quantitative estimate of drug-likeness (QED) is 0.417. The van der Waals surface area contributed by atoms with Gasteiger partial charge in [0.05, 0.1) is 0 Å². The van der Waals surface area contributed by atoms with Gasteiger partial charge in [-0.25, -0.2) is 0 Å². The topological polar surface area (TPSA) is 17.1 Å². The third-order valence-electron chi connectivity index (χ3n) is 4.84. The molecule has 0 aromatic heterocycles. The van der Waals surface area contributed by atoms with Crippen LogP contribution in [0.2, 0.25) is 0 Å². The van der Waals surface area contributed by atoms with Crippen LogP contribution in [-0.2, 0) is 6.42 Å². The highest BCUT2D eigenvalue weighted by molar-refractivity contribution is 6.01. The van der Waals surface area contributed by atoms with Gasteiger partial charge < -0.3 is 0 Å². The van der Waals surface area contributed by atoms with E-state index in [9.17, 15) is 4.79 Å². The molecule has 1 heteroatoms. The summed E-state index contributed by atoms with van der Waals surface area (Å²) in [5, 5.41) is 4.75. The number of fused-ring (bicyclic) bond motifs is 2. The second kappa shape index (κ2) is 6.52. The molecule has 4 aromatic carbocycles. The van der Waals surface area contributed by atoms with E-state index >= 15 is 0 Å². The van der Waals surface area contributed by atoms with Crippen LogP contribution in [0.4, 0.5) is 0 Å². The van der Waals surface area contributed by atoms with Crippen LogP contribution in [-0.4, -0.2) is 5.78 Å². The number of benzene rings is 4. The van der Waals surface area contributed by atoms with Gasteiger partial charge in [-0.2, -0.15) is 0 Å². The highest BCUT2D eigenvalue weighted by Crippen LogP contribution is 2.22. The predicted octanol–water partition coefficient (Wildman–Crippen LogP) is 6.05. The van der Waals surface area contributed by atoms with E-state index in [4.69, 9.17) is 0 Å². The van der Waals surface area contributed by atoms with E-state index in [0.717, 1.165) is 17.4 Å². The molecule has 0 aliphatic carbocycles. The average molecular weight is 324 g/mol. The van der Waals surface area contributed by atoms with Gasteiger partial charge in [0.2, 0.25) is 0 Å². The monoisotopic (exact) mass is 324 g/mol. The lowest BCUT2D eigenvalue weighted by molar-refractivity contribution is 0.0929. The van der Waals surface area contributed by atoms with Gasteiger partial charge in [0.25, 0.3) is 0 Å². The average Bonchev–Trinajstić information content (AvgIpc) is 2.67. The van der Waals surface area contributed by atoms with Crippen LogP contribution in [0.1, 0.15) is 22.8 Å². The Labute approximate surface area is 147 Å². The van der Waals surface area contributed by atoms with Gasteiger partial charge in [0.1, 0.15) is 0 Å². The van der Waals surface area contributed by atoms with Gasteiger partial charge in [-0.05, 0) is 39.6 Å². The molecule has 122 valence electrons. The fraction of sp³-hybridized carbons (Fsp3) is 0.125. The molecular formula is C24H20O. The first-order valence-electron chi connectivity index (χ1n) is 8.71. The summed E-state index contributed by atoms with van der Waals surface area (Å²) in [6.07, 6.45) is 0.760. The Morgan fingerprint density at radius 1 is 0.720 bits per heavy atom. The number of rotatable bonds is 4. The summed E-state index contributed by atoms with van der Waals surface area (Å²) < 4.78 is 0. The van der Waals surface area contributed by atoms with Crippen LogP contribution in [0.15, 0.2) is 84.9 Å². The lowest BCUT2D eigenvalue weighted by Crippen LogP contribution is -2.14. The van der Waals surface area contributed by atoms with Crippen molar-refractivity contribution < 1.29 is 4.79 Å². The van der Waals surface area contributed by atoms with Crippen LogP contribution in [0.5, 0.6) is 0 Å². The summed E-state index contributed by atoms with van der Waals surface area (Å²) in [7, 11) is 0. The zero-order chi connectivity index (χ0) is 17.2. The maximum Gasteiger partial charge on any atom is 0.166 e. The Bertz CT molecular complexity index is 1060. The molecule has 1 unspecified atom stereocenters. The van der Waals surface area contributed by atoms with Gasteiger partial charge in [0.15, 0.2) is 5.78 Å². The van der Waals surface area contributed by atoms with Crippen molar-refractivity contribution in [1.29, 1.82) is 0 Å². The second-order valence-corrected chi connectivity index (χ2v) is 6.71. The summed E-state index contributed by atoms with van der Waals surface area (Å²) in [4.78, 5) is 12.9. The molecule has 4 rings (SSSR count). The molecule has 0 aliphatic rings. The fourth-order valence-corrected chi connectivity index (χ4v) is 3.44. The van der Waals surface area contributed by atoms with E-state index in [1.807, 2.05) is 43.3 Å². The lowest BCUT2D eigenvalue weighted by Gasteiger charge is -2.12. The molecule has 1 nitrogen and oxygen atoms in total. The van der Waals surface area contributed by atoms with Crippen molar-refractivity contribution in [3.05, 3.63) is 96.1 Å². The van der Waals surface area contributed by atoms with Crippen LogP contribution in [0.25, 0.3) is 21.5 Å². The number of ketones is 1. The highest BCUT2D eigenvalue weighted by Gasteiger charge is 2.16. The molecule has 0 spiro atoms. The second-order valence-electron chi connectivity index (χ2n) is 6.71. The Hall–Kier alpha value is -2.93. The van der Waals surface area contributed by atoms with Crippen molar-refractivity contribution in [2.75, 3.05) is 0 Å². The van der Waals surface area contributed by atoms with Crippen LogP contribution < -0.4 is 0 Å². The van der Waals surface area contributed by atoms with Crippen molar-refractivity contribution in [1.82, 2.24) is 0 Å². The van der Waals surface area contributed by atoms with E-state index in [1.54, 1.807) is 0 Å². The van der Waals surface area contributed by atoms with Crippen LogP contribution in [0, 0.1) is 5.92 Å². The van der Waals surface area contributed by atoms with Gasteiger partial charge in [-0.1, -0.05) is 85.8 Å². The Balaban J connectivity index is 1.57. The summed E-state index contributed by atoms with van der Waals surface area (Å²) in [6, 6.07) is 28.9. The maximum atomic E-state index is 12.9. The summed E-state index contributed by atoms with van der Waals surface area (Å²) in [6.45, 7) is 2.02.